The number of halogens is 1. The highest BCUT2D eigenvalue weighted by Crippen LogP contribution is 2.37. The number of hydrogen-bond acceptors (Lipinski definition) is 1. The minimum absolute atomic E-state index is 0.0246. The second kappa shape index (κ2) is 5.92. The highest BCUT2D eigenvalue weighted by molar-refractivity contribution is 6.35. The smallest absolute Gasteiger partial charge is 0.253 e. The van der Waals surface area contributed by atoms with Crippen LogP contribution in [-0.2, 0) is 6.42 Å². The molecule has 1 amide bonds. The quantitative estimate of drug-likeness (QED) is 0.455. The molecule has 0 spiro atoms. The van der Waals surface area contributed by atoms with Gasteiger partial charge < -0.3 is 15.3 Å². The lowest BCUT2D eigenvalue weighted by Gasteiger charge is -2.23. The molecular weight excluding hydrogens is 346 g/mol. The van der Waals surface area contributed by atoms with E-state index in [1.807, 2.05) is 36.4 Å². The van der Waals surface area contributed by atoms with Crippen molar-refractivity contribution in [3.05, 3.63) is 70.5 Å². The molecule has 4 nitrogen and oxygen atoms in total. The van der Waals surface area contributed by atoms with Crippen LogP contribution in [0.2, 0.25) is 5.02 Å². The fraction of sp³-hybridized carbons (Fsp3) is 0.190. The summed E-state index contributed by atoms with van der Waals surface area (Å²) < 4.78 is 0. The number of hydrogen-bond donors (Lipinski definition) is 3. The molecule has 1 atom stereocenters. The Morgan fingerprint density at radius 3 is 2.88 bits per heavy atom. The molecule has 130 valence electrons. The lowest BCUT2D eigenvalue weighted by atomic mass is 9.91. The monoisotopic (exact) mass is 363 g/mol. The van der Waals surface area contributed by atoms with E-state index in [9.17, 15) is 4.79 Å². The molecule has 0 unspecified atom stereocenters. The van der Waals surface area contributed by atoms with Crippen molar-refractivity contribution >= 4 is 39.3 Å². The molecule has 3 N–H and O–H groups in total. The van der Waals surface area contributed by atoms with Gasteiger partial charge in [-0.2, -0.15) is 0 Å². The van der Waals surface area contributed by atoms with Crippen LogP contribution < -0.4 is 5.32 Å². The number of H-pyrrole nitrogens is 2. The number of carbonyl (C=O) groups excluding carboxylic acids is 1. The fourth-order valence-corrected chi connectivity index (χ4v) is 4.31. The van der Waals surface area contributed by atoms with E-state index in [1.165, 1.54) is 10.9 Å². The van der Waals surface area contributed by atoms with Crippen LogP contribution in [0.25, 0.3) is 21.8 Å². The van der Waals surface area contributed by atoms with Crippen molar-refractivity contribution in [1.82, 2.24) is 15.3 Å². The van der Waals surface area contributed by atoms with Crippen LogP contribution in [0.15, 0.2) is 48.7 Å². The lowest BCUT2D eigenvalue weighted by Crippen LogP contribution is -2.30. The van der Waals surface area contributed by atoms with Gasteiger partial charge in [-0.15, -0.1) is 0 Å². The first-order chi connectivity index (χ1) is 12.7. The number of fused-ring (bicyclic) bond motifs is 4. The number of amides is 1. The van der Waals surface area contributed by atoms with Crippen molar-refractivity contribution in [3.63, 3.8) is 0 Å². The van der Waals surface area contributed by atoms with Crippen LogP contribution in [0.3, 0.4) is 0 Å². The van der Waals surface area contributed by atoms with Crippen LogP contribution in [0.1, 0.15) is 40.5 Å². The molecule has 2 aromatic heterocycles. The number of aryl methyl sites for hydroxylation is 1. The fourth-order valence-electron chi connectivity index (χ4n) is 4.09. The molecule has 26 heavy (non-hydrogen) atoms. The topological polar surface area (TPSA) is 60.7 Å². The van der Waals surface area contributed by atoms with Gasteiger partial charge in [-0.05, 0) is 37.0 Å². The summed E-state index contributed by atoms with van der Waals surface area (Å²) >= 11 is 6.35. The Hall–Kier alpha value is -2.72. The third kappa shape index (κ3) is 2.33. The molecule has 5 heteroatoms. The second-order valence-corrected chi connectivity index (χ2v) is 7.25. The molecule has 4 aromatic rings. The molecule has 0 saturated heterocycles. The predicted molar refractivity (Wildman–Crippen MR) is 105 cm³/mol. The van der Waals surface area contributed by atoms with Crippen molar-refractivity contribution in [2.75, 3.05) is 0 Å². The molecule has 0 radical (unpaired) electrons. The van der Waals surface area contributed by atoms with Gasteiger partial charge in [-0.25, -0.2) is 0 Å². The Kier molecular flexibility index (Phi) is 3.54. The van der Waals surface area contributed by atoms with Gasteiger partial charge in [0, 0.05) is 28.2 Å². The maximum absolute atomic E-state index is 12.9. The van der Waals surface area contributed by atoms with Crippen LogP contribution in [0, 0.1) is 0 Å². The summed E-state index contributed by atoms with van der Waals surface area (Å²) in [6.45, 7) is 0. The largest absolute Gasteiger partial charge is 0.360 e. The molecule has 1 aliphatic rings. The van der Waals surface area contributed by atoms with Gasteiger partial charge in [0.2, 0.25) is 0 Å². The third-order valence-corrected chi connectivity index (χ3v) is 5.65. The van der Waals surface area contributed by atoms with Gasteiger partial charge in [-0.3, -0.25) is 4.79 Å². The molecule has 0 fully saturated rings. The number of para-hydroxylation sites is 2. The van der Waals surface area contributed by atoms with Crippen LogP contribution >= 0.6 is 11.6 Å². The molecular formula is C21H18ClN3O. The molecule has 2 aromatic carbocycles. The van der Waals surface area contributed by atoms with Crippen LogP contribution in [0.4, 0.5) is 0 Å². The van der Waals surface area contributed by atoms with Crippen LogP contribution in [0.5, 0.6) is 0 Å². The number of nitrogens with one attached hydrogen (secondary N) is 3. The molecule has 2 heterocycles. The zero-order valence-corrected chi connectivity index (χ0v) is 14.9. The van der Waals surface area contributed by atoms with Gasteiger partial charge in [-0.1, -0.05) is 41.9 Å². The van der Waals surface area contributed by atoms with E-state index >= 15 is 0 Å². The number of aromatic nitrogens is 2. The number of carbonyl (C=O) groups is 1. The van der Waals surface area contributed by atoms with Crippen molar-refractivity contribution < 1.29 is 4.79 Å². The van der Waals surface area contributed by atoms with Gasteiger partial charge in [0.05, 0.1) is 22.1 Å². The Morgan fingerprint density at radius 2 is 1.96 bits per heavy atom. The van der Waals surface area contributed by atoms with Gasteiger partial charge in [0.25, 0.3) is 5.91 Å². The first-order valence-electron chi connectivity index (χ1n) is 8.88. The minimum Gasteiger partial charge on any atom is -0.360 e. The van der Waals surface area contributed by atoms with Crippen molar-refractivity contribution in [2.24, 2.45) is 0 Å². The normalized spacial score (nSPS) is 16.7. The summed E-state index contributed by atoms with van der Waals surface area (Å²) in [7, 11) is 0. The summed E-state index contributed by atoms with van der Waals surface area (Å²) in [5.74, 6) is -0.0509. The summed E-state index contributed by atoms with van der Waals surface area (Å²) in [6, 6.07) is 13.8. The molecule has 0 aliphatic heterocycles. The third-order valence-electron chi connectivity index (χ3n) is 5.33. The molecule has 5 rings (SSSR count). The zero-order chi connectivity index (χ0) is 17.7. The van der Waals surface area contributed by atoms with Crippen molar-refractivity contribution in [1.29, 1.82) is 0 Å². The van der Waals surface area contributed by atoms with Gasteiger partial charge >= 0.3 is 0 Å². The standard InChI is InChI=1S/C21H18ClN3O/c22-16-8-3-6-13-14-7-4-10-18(20(14)25-19(13)16)24-21(26)15-11-23-17-9-2-1-5-12(15)17/h1-3,5-6,8-9,11,18,23,25H,4,7,10H2,(H,24,26)/t18-/m1/s1. The highest BCUT2D eigenvalue weighted by Gasteiger charge is 2.27. The molecule has 0 bridgehead atoms. The number of aromatic amines is 2. The Bertz CT molecular complexity index is 1140. The zero-order valence-electron chi connectivity index (χ0n) is 14.1. The van der Waals surface area contributed by atoms with E-state index in [1.54, 1.807) is 6.20 Å². The molecule has 1 aliphatic carbocycles. The first-order valence-corrected chi connectivity index (χ1v) is 9.26. The Morgan fingerprint density at radius 1 is 1.12 bits per heavy atom. The maximum Gasteiger partial charge on any atom is 0.253 e. The maximum atomic E-state index is 12.9. The highest BCUT2D eigenvalue weighted by atomic mass is 35.5. The average Bonchev–Trinajstić information content (AvgIpc) is 3.25. The molecule has 0 saturated carbocycles. The van der Waals surface area contributed by atoms with Crippen molar-refractivity contribution in [2.45, 2.75) is 25.3 Å². The lowest BCUT2D eigenvalue weighted by molar-refractivity contribution is 0.0933. The van der Waals surface area contributed by atoms with Gasteiger partial charge in [0.1, 0.15) is 0 Å². The summed E-state index contributed by atoms with van der Waals surface area (Å²) in [4.78, 5) is 19.5. The minimum atomic E-state index is -0.0509. The van der Waals surface area contributed by atoms with E-state index in [0.717, 1.165) is 46.4 Å². The van der Waals surface area contributed by atoms with E-state index in [-0.39, 0.29) is 11.9 Å². The van der Waals surface area contributed by atoms with E-state index in [4.69, 9.17) is 11.6 Å². The Labute approximate surface area is 155 Å². The van der Waals surface area contributed by atoms with Gasteiger partial charge in [0.15, 0.2) is 0 Å². The van der Waals surface area contributed by atoms with Crippen molar-refractivity contribution in [3.8, 4) is 0 Å². The average molecular weight is 364 g/mol. The number of benzene rings is 2. The predicted octanol–water partition coefficient (Wildman–Crippen LogP) is 5.11. The Balaban J connectivity index is 1.52. The summed E-state index contributed by atoms with van der Waals surface area (Å²) in [5, 5.41) is 6.05. The second-order valence-electron chi connectivity index (χ2n) is 6.85. The van der Waals surface area contributed by atoms with E-state index < -0.39 is 0 Å². The number of rotatable bonds is 2. The van der Waals surface area contributed by atoms with Crippen LogP contribution in [-0.4, -0.2) is 15.9 Å². The first kappa shape index (κ1) is 15.5. The summed E-state index contributed by atoms with van der Waals surface area (Å²) in [5.41, 5.74) is 4.99. The SMILES string of the molecule is O=C(N[C@@H]1CCCc2c1[nH]c1c(Cl)cccc21)c1c[nH]c2ccccc12. The van der Waals surface area contributed by atoms with E-state index in [0.29, 0.717) is 5.56 Å². The van der Waals surface area contributed by atoms with E-state index in [2.05, 4.69) is 21.4 Å². The summed E-state index contributed by atoms with van der Waals surface area (Å²) in [6.07, 6.45) is 4.76.